The molecule has 66 valence electrons. The lowest BCUT2D eigenvalue weighted by Crippen LogP contribution is -2.09. The van der Waals surface area contributed by atoms with Gasteiger partial charge in [-0.1, -0.05) is 30.3 Å². The van der Waals surface area contributed by atoms with E-state index in [4.69, 9.17) is 10.7 Å². The van der Waals surface area contributed by atoms with E-state index in [0.717, 1.165) is 5.56 Å². The molecule has 0 fully saturated rings. The van der Waals surface area contributed by atoms with E-state index in [0.29, 0.717) is 11.1 Å². The van der Waals surface area contributed by atoms with E-state index < -0.39 is 0 Å². The van der Waals surface area contributed by atoms with Crippen molar-refractivity contribution in [2.24, 2.45) is 0 Å². The molecule has 0 radical (unpaired) electrons. The number of hydrogen-bond donors (Lipinski definition) is 1. The van der Waals surface area contributed by atoms with Crippen LogP contribution >= 0.6 is 0 Å². The van der Waals surface area contributed by atoms with Gasteiger partial charge in [0.2, 0.25) is 0 Å². The van der Waals surface area contributed by atoms with E-state index in [1.54, 1.807) is 6.07 Å². The quantitative estimate of drug-likeness (QED) is 0.670. The minimum Gasteiger partial charge on any atom is -0.282 e. The van der Waals surface area contributed by atoms with Crippen LogP contribution in [0.2, 0.25) is 0 Å². The van der Waals surface area contributed by atoms with Crippen molar-refractivity contribution in [3.63, 3.8) is 0 Å². The zero-order valence-corrected chi connectivity index (χ0v) is 7.36. The molecule has 1 aliphatic carbocycles. The van der Waals surface area contributed by atoms with Crippen molar-refractivity contribution in [1.29, 1.82) is 10.7 Å². The smallest absolute Gasteiger partial charge is 0.152 e. The summed E-state index contributed by atoms with van der Waals surface area (Å²) in [5.74, 6) is 0. The zero-order chi connectivity index (χ0) is 9.97. The second kappa shape index (κ2) is 3.27. The Bertz CT molecular complexity index is 540. The second-order valence-electron chi connectivity index (χ2n) is 2.87. The first-order valence-corrected chi connectivity index (χ1v) is 4.15. The van der Waals surface area contributed by atoms with E-state index in [1.165, 1.54) is 6.20 Å². The summed E-state index contributed by atoms with van der Waals surface area (Å²) in [6, 6.07) is 11.2. The maximum absolute atomic E-state index is 8.86. The van der Waals surface area contributed by atoms with Gasteiger partial charge in [0.15, 0.2) is 5.49 Å². The third-order valence-electron chi connectivity index (χ3n) is 2.03. The standard InChI is InChI=1S/C11H7N3/c12-6-8-7-14-11(13)10-5-3-1-2-4-9(8)10/h1-5,7,13H. The molecule has 0 saturated heterocycles. The second-order valence-corrected chi connectivity index (χ2v) is 2.87. The highest BCUT2D eigenvalue weighted by molar-refractivity contribution is 5.69. The number of rotatable bonds is 0. The third kappa shape index (κ3) is 1.23. The highest BCUT2D eigenvalue weighted by Crippen LogP contribution is 2.18. The molecule has 2 rings (SSSR count). The highest BCUT2D eigenvalue weighted by atomic mass is 14.7. The van der Waals surface area contributed by atoms with Crippen molar-refractivity contribution in [2.45, 2.75) is 0 Å². The SMILES string of the molecule is N#Cc1cnc(=N)c2cccccc1-2. The summed E-state index contributed by atoms with van der Waals surface area (Å²) >= 11 is 0. The molecule has 0 saturated carbocycles. The number of nitrogens with one attached hydrogen (secondary N) is 1. The largest absolute Gasteiger partial charge is 0.282 e. The molecule has 0 amide bonds. The number of pyridine rings is 1. The predicted molar refractivity (Wildman–Crippen MR) is 51.4 cm³/mol. The molecule has 14 heavy (non-hydrogen) atoms. The third-order valence-corrected chi connectivity index (χ3v) is 2.03. The number of nitrogens with zero attached hydrogens (tertiary/aromatic N) is 2. The summed E-state index contributed by atoms with van der Waals surface area (Å²) < 4.78 is 0. The minimum absolute atomic E-state index is 0.204. The van der Waals surface area contributed by atoms with Crippen LogP contribution in [0.25, 0.3) is 11.1 Å². The van der Waals surface area contributed by atoms with Crippen LogP contribution in [0.3, 0.4) is 0 Å². The molecule has 0 bridgehead atoms. The molecule has 1 aliphatic heterocycles. The molecule has 0 aromatic heterocycles. The molecule has 0 aromatic carbocycles. The van der Waals surface area contributed by atoms with Gasteiger partial charge in [-0.2, -0.15) is 5.26 Å². The van der Waals surface area contributed by atoms with Crippen LogP contribution in [-0.4, -0.2) is 4.98 Å². The summed E-state index contributed by atoms with van der Waals surface area (Å²) in [6.07, 6.45) is 1.44. The fourth-order valence-corrected chi connectivity index (χ4v) is 1.35. The van der Waals surface area contributed by atoms with Gasteiger partial charge in [-0.25, -0.2) is 4.98 Å². The van der Waals surface area contributed by atoms with Gasteiger partial charge in [0.1, 0.15) is 6.07 Å². The number of hydrogen-bond acceptors (Lipinski definition) is 3. The molecule has 2 aliphatic rings. The first kappa shape index (κ1) is 8.39. The first-order chi connectivity index (χ1) is 6.83. The molecular weight excluding hydrogens is 174 g/mol. The van der Waals surface area contributed by atoms with E-state index in [9.17, 15) is 0 Å². The van der Waals surface area contributed by atoms with Crippen LogP contribution in [0.4, 0.5) is 0 Å². The topological polar surface area (TPSA) is 60.5 Å². The van der Waals surface area contributed by atoms with Gasteiger partial charge in [-0.15, -0.1) is 0 Å². The molecule has 3 heteroatoms. The van der Waals surface area contributed by atoms with Gasteiger partial charge < -0.3 is 0 Å². The van der Waals surface area contributed by atoms with Gasteiger partial charge >= 0.3 is 0 Å². The van der Waals surface area contributed by atoms with Gasteiger partial charge in [-0.3, -0.25) is 5.41 Å². The summed E-state index contributed by atoms with van der Waals surface area (Å²) in [5, 5.41) is 16.5. The van der Waals surface area contributed by atoms with Crippen LogP contribution in [0.15, 0.2) is 36.5 Å². The normalized spacial score (nSPS) is 9.64. The predicted octanol–water partition coefficient (Wildman–Crippen LogP) is 1.54. The van der Waals surface area contributed by atoms with E-state index >= 15 is 0 Å². The van der Waals surface area contributed by atoms with Crippen LogP contribution in [0, 0.1) is 16.7 Å². The lowest BCUT2D eigenvalue weighted by atomic mass is 10.0. The average Bonchev–Trinajstić information content (AvgIpc) is 2.44. The minimum atomic E-state index is 0.204. The monoisotopic (exact) mass is 181 g/mol. The van der Waals surface area contributed by atoms with Crippen molar-refractivity contribution in [1.82, 2.24) is 4.98 Å². The van der Waals surface area contributed by atoms with Crippen LogP contribution < -0.4 is 5.49 Å². The molecular formula is C11H7N3. The van der Waals surface area contributed by atoms with E-state index in [2.05, 4.69) is 11.1 Å². The summed E-state index contributed by atoms with van der Waals surface area (Å²) in [5.41, 5.74) is 2.19. The van der Waals surface area contributed by atoms with Crippen molar-refractivity contribution in [3.05, 3.63) is 47.6 Å². The van der Waals surface area contributed by atoms with Crippen LogP contribution in [0.5, 0.6) is 0 Å². The summed E-state index contributed by atoms with van der Waals surface area (Å²) in [6.45, 7) is 0. The Morgan fingerprint density at radius 2 is 1.86 bits per heavy atom. The number of fused-ring (bicyclic) bond motifs is 1. The van der Waals surface area contributed by atoms with Gasteiger partial charge in [-0.05, 0) is 0 Å². The van der Waals surface area contributed by atoms with Gasteiger partial charge in [0.25, 0.3) is 0 Å². The Balaban J connectivity index is 2.93. The first-order valence-electron chi connectivity index (χ1n) is 4.15. The van der Waals surface area contributed by atoms with E-state index in [1.807, 2.05) is 24.3 Å². The molecule has 1 heterocycles. The maximum atomic E-state index is 8.86. The van der Waals surface area contributed by atoms with Gasteiger partial charge in [0, 0.05) is 17.3 Å². The molecule has 0 aromatic rings. The lowest BCUT2D eigenvalue weighted by molar-refractivity contribution is 1.09. The number of nitriles is 1. The Morgan fingerprint density at radius 1 is 1.14 bits per heavy atom. The zero-order valence-electron chi connectivity index (χ0n) is 7.36. The Morgan fingerprint density at radius 3 is 2.57 bits per heavy atom. The summed E-state index contributed by atoms with van der Waals surface area (Å²) in [7, 11) is 0. The fraction of sp³-hybridized carbons (Fsp3) is 0. The number of aromatic nitrogens is 1. The Hall–Kier alpha value is -2.21. The molecule has 1 N–H and O–H groups in total. The van der Waals surface area contributed by atoms with Gasteiger partial charge in [0.05, 0.1) is 5.56 Å². The van der Waals surface area contributed by atoms with Crippen molar-refractivity contribution >= 4 is 0 Å². The summed E-state index contributed by atoms with van der Waals surface area (Å²) in [4.78, 5) is 3.85. The Kier molecular flexibility index (Phi) is 1.96. The molecule has 0 spiro atoms. The molecule has 0 atom stereocenters. The fourth-order valence-electron chi connectivity index (χ4n) is 1.35. The van der Waals surface area contributed by atoms with Crippen molar-refractivity contribution in [3.8, 4) is 17.2 Å². The van der Waals surface area contributed by atoms with Crippen molar-refractivity contribution < 1.29 is 0 Å². The molecule has 0 unspecified atom stereocenters. The maximum Gasteiger partial charge on any atom is 0.152 e. The lowest BCUT2D eigenvalue weighted by Gasteiger charge is -2.01. The van der Waals surface area contributed by atoms with Crippen molar-refractivity contribution in [2.75, 3.05) is 0 Å². The highest BCUT2D eigenvalue weighted by Gasteiger charge is 2.07. The van der Waals surface area contributed by atoms with Crippen LogP contribution in [-0.2, 0) is 0 Å². The Labute approximate surface area is 81.1 Å². The average molecular weight is 181 g/mol. The molecule has 3 nitrogen and oxygen atoms in total. The van der Waals surface area contributed by atoms with E-state index in [-0.39, 0.29) is 5.49 Å². The van der Waals surface area contributed by atoms with Crippen LogP contribution in [0.1, 0.15) is 5.56 Å².